The fourth-order valence-corrected chi connectivity index (χ4v) is 4.04. The predicted octanol–water partition coefficient (Wildman–Crippen LogP) is 8.17. The zero-order valence-corrected chi connectivity index (χ0v) is 19.9. The summed E-state index contributed by atoms with van der Waals surface area (Å²) in [6.07, 6.45) is 4.16. The first-order chi connectivity index (χ1) is 14.3. The van der Waals surface area contributed by atoms with E-state index in [1.807, 2.05) is 6.08 Å². The fourth-order valence-electron chi connectivity index (χ4n) is 2.94. The number of alkyl halides is 1. The summed E-state index contributed by atoms with van der Waals surface area (Å²) in [6, 6.07) is 23.3. The predicted molar refractivity (Wildman–Crippen MR) is 132 cm³/mol. The van der Waals surface area contributed by atoms with Crippen LogP contribution in [-0.2, 0) is 0 Å². The third-order valence-corrected chi connectivity index (χ3v) is 6.22. The molecule has 3 rings (SSSR count). The number of rotatable bonds is 6. The van der Waals surface area contributed by atoms with Crippen LogP contribution in [0.5, 0.6) is 0 Å². The van der Waals surface area contributed by atoms with Gasteiger partial charge in [-0.25, -0.2) is 0 Å². The highest BCUT2D eigenvalue weighted by atomic mass is 79.9. The van der Waals surface area contributed by atoms with Gasteiger partial charge < -0.3 is 0 Å². The number of nitrogens with zero attached hydrogens (tertiary/aromatic N) is 1. The second-order valence-corrected chi connectivity index (χ2v) is 8.94. The molecule has 1 unspecified atom stereocenters. The van der Waals surface area contributed by atoms with Crippen molar-refractivity contribution in [3.8, 4) is 0 Å². The van der Waals surface area contributed by atoms with Crippen molar-refractivity contribution >= 4 is 47.6 Å². The SMILES string of the molecule is Cc1ccc(/C(Br)=C/C(=C/C(Br)c2ccc(C)cc2)c2ccc([N+](=O)[O-])cc2)cc1. The molecule has 0 radical (unpaired) electrons. The first kappa shape index (κ1) is 22.2. The lowest BCUT2D eigenvalue weighted by molar-refractivity contribution is -0.384. The Hall–Kier alpha value is -2.50. The third kappa shape index (κ3) is 5.77. The maximum absolute atomic E-state index is 11.0. The summed E-state index contributed by atoms with van der Waals surface area (Å²) in [5, 5.41) is 11.0. The Labute approximate surface area is 193 Å². The Morgan fingerprint density at radius 3 is 1.90 bits per heavy atom. The van der Waals surface area contributed by atoms with Gasteiger partial charge in [-0.1, -0.05) is 97.6 Å². The lowest BCUT2D eigenvalue weighted by atomic mass is 10.00. The van der Waals surface area contributed by atoms with Crippen molar-refractivity contribution in [1.29, 1.82) is 0 Å². The molecule has 3 nitrogen and oxygen atoms in total. The molecule has 0 fully saturated rings. The quantitative estimate of drug-likeness (QED) is 0.141. The van der Waals surface area contributed by atoms with Crippen LogP contribution in [0.15, 0.2) is 84.9 Å². The average molecular weight is 527 g/mol. The van der Waals surface area contributed by atoms with Crippen LogP contribution in [0, 0.1) is 24.0 Å². The van der Waals surface area contributed by atoms with Crippen molar-refractivity contribution < 1.29 is 4.92 Å². The second kappa shape index (κ2) is 10.0. The van der Waals surface area contributed by atoms with Crippen LogP contribution in [0.2, 0.25) is 0 Å². The number of allylic oxidation sites excluding steroid dienone is 3. The van der Waals surface area contributed by atoms with Crippen LogP contribution in [0.25, 0.3) is 10.1 Å². The van der Waals surface area contributed by atoms with Crippen molar-refractivity contribution in [2.75, 3.05) is 0 Å². The first-order valence-electron chi connectivity index (χ1n) is 9.45. The molecule has 0 bridgehead atoms. The topological polar surface area (TPSA) is 43.1 Å². The van der Waals surface area contributed by atoms with E-state index in [9.17, 15) is 10.1 Å². The molecule has 0 amide bonds. The highest BCUT2D eigenvalue weighted by Gasteiger charge is 2.11. The second-order valence-electron chi connectivity index (χ2n) is 7.10. The van der Waals surface area contributed by atoms with E-state index in [2.05, 4.69) is 100 Å². The third-order valence-electron chi connectivity index (χ3n) is 4.74. The van der Waals surface area contributed by atoms with Crippen molar-refractivity contribution in [3.63, 3.8) is 0 Å². The van der Waals surface area contributed by atoms with Gasteiger partial charge in [-0.05, 0) is 54.3 Å². The van der Waals surface area contributed by atoms with Gasteiger partial charge in [0.1, 0.15) is 0 Å². The highest BCUT2D eigenvalue weighted by Crippen LogP contribution is 2.33. The standard InChI is InChI=1S/C25H21Br2NO2/c1-17-3-7-20(8-4-17)24(26)15-22(19-11-13-23(14-12-19)28(29)30)16-25(27)21-9-5-18(2)6-10-21/h3-16,24H,1-2H3/b22-15-,25-16-. The van der Waals surface area contributed by atoms with Gasteiger partial charge in [0.25, 0.3) is 5.69 Å². The van der Waals surface area contributed by atoms with Gasteiger partial charge in [-0.15, -0.1) is 0 Å². The van der Waals surface area contributed by atoms with Gasteiger partial charge >= 0.3 is 0 Å². The van der Waals surface area contributed by atoms with Crippen molar-refractivity contribution in [2.45, 2.75) is 18.7 Å². The molecular formula is C25H21Br2NO2. The number of aryl methyl sites for hydroxylation is 2. The van der Waals surface area contributed by atoms with Crippen molar-refractivity contribution in [2.24, 2.45) is 0 Å². The summed E-state index contributed by atoms with van der Waals surface area (Å²) >= 11 is 7.47. The minimum Gasteiger partial charge on any atom is -0.258 e. The Kier molecular flexibility index (Phi) is 7.40. The maximum Gasteiger partial charge on any atom is 0.269 e. The van der Waals surface area contributed by atoms with E-state index in [4.69, 9.17) is 0 Å². The normalized spacial score (nSPS) is 13.2. The molecule has 0 heterocycles. The molecular weight excluding hydrogens is 506 g/mol. The lowest BCUT2D eigenvalue weighted by Crippen LogP contribution is -1.91. The van der Waals surface area contributed by atoms with Crippen LogP contribution in [-0.4, -0.2) is 4.92 Å². The molecule has 0 aliphatic carbocycles. The monoisotopic (exact) mass is 525 g/mol. The molecule has 1 atom stereocenters. The minimum absolute atomic E-state index is 0.00198. The smallest absolute Gasteiger partial charge is 0.258 e. The summed E-state index contributed by atoms with van der Waals surface area (Å²) in [7, 11) is 0. The van der Waals surface area contributed by atoms with E-state index in [0.717, 1.165) is 26.7 Å². The maximum atomic E-state index is 11.0. The Balaban J connectivity index is 2.03. The van der Waals surface area contributed by atoms with Gasteiger partial charge in [0.15, 0.2) is 0 Å². The minimum atomic E-state index is -0.384. The zero-order chi connectivity index (χ0) is 21.7. The fraction of sp³-hybridized carbons (Fsp3) is 0.120. The molecule has 0 N–H and O–H groups in total. The Bertz CT molecular complexity index is 1080. The van der Waals surface area contributed by atoms with E-state index in [1.165, 1.54) is 23.3 Å². The van der Waals surface area contributed by atoms with Crippen LogP contribution in [0.4, 0.5) is 5.69 Å². The molecule has 3 aromatic rings. The van der Waals surface area contributed by atoms with E-state index < -0.39 is 0 Å². The molecule has 0 saturated carbocycles. The van der Waals surface area contributed by atoms with Crippen LogP contribution >= 0.6 is 31.9 Å². The summed E-state index contributed by atoms with van der Waals surface area (Å²) in [5.41, 5.74) is 6.55. The van der Waals surface area contributed by atoms with E-state index in [1.54, 1.807) is 12.1 Å². The zero-order valence-electron chi connectivity index (χ0n) is 16.7. The molecule has 30 heavy (non-hydrogen) atoms. The largest absolute Gasteiger partial charge is 0.269 e. The number of benzene rings is 3. The molecule has 0 aromatic heterocycles. The van der Waals surface area contributed by atoms with E-state index >= 15 is 0 Å². The number of halogens is 2. The number of hydrogen-bond donors (Lipinski definition) is 0. The van der Waals surface area contributed by atoms with Gasteiger partial charge in [0.05, 0.1) is 9.75 Å². The molecule has 0 aliphatic heterocycles. The molecule has 3 aromatic carbocycles. The van der Waals surface area contributed by atoms with Gasteiger partial charge in [-0.3, -0.25) is 10.1 Å². The summed E-state index contributed by atoms with van der Waals surface area (Å²) in [6.45, 7) is 4.12. The summed E-state index contributed by atoms with van der Waals surface area (Å²) < 4.78 is 0.940. The van der Waals surface area contributed by atoms with Crippen molar-refractivity contribution in [1.82, 2.24) is 0 Å². The molecule has 0 spiro atoms. The highest BCUT2D eigenvalue weighted by molar-refractivity contribution is 9.15. The van der Waals surface area contributed by atoms with Gasteiger partial charge in [0.2, 0.25) is 0 Å². The molecule has 0 aliphatic rings. The Morgan fingerprint density at radius 1 is 0.867 bits per heavy atom. The molecule has 0 saturated heterocycles. The van der Waals surface area contributed by atoms with E-state index in [0.29, 0.717) is 0 Å². The molecule has 5 heteroatoms. The number of non-ortho nitro benzene ring substituents is 1. The number of hydrogen-bond acceptors (Lipinski definition) is 2. The number of nitro groups is 1. The van der Waals surface area contributed by atoms with Gasteiger partial charge in [-0.2, -0.15) is 0 Å². The first-order valence-corrected chi connectivity index (χ1v) is 11.2. The number of nitro benzene ring substituents is 1. The average Bonchev–Trinajstić information content (AvgIpc) is 2.74. The summed E-state index contributed by atoms with van der Waals surface area (Å²) in [5.74, 6) is 0. The molecule has 152 valence electrons. The van der Waals surface area contributed by atoms with Crippen LogP contribution < -0.4 is 0 Å². The van der Waals surface area contributed by atoms with Crippen molar-refractivity contribution in [3.05, 3.63) is 123 Å². The Morgan fingerprint density at radius 2 is 1.37 bits per heavy atom. The van der Waals surface area contributed by atoms with Crippen LogP contribution in [0.3, 0.4) is 0 Å². The summed E-state index contributed by atoms with van der Waals surface area (Å²) in [4.78, 5) is 10.6. The van der Waals surface area contributed by atoms with Gasteiger partial charge in [0, 0.05) is 16.6 Å². The van der Waals surface area contributed by atoms with Crippen LogP contribution in [0.1, 0.15) is 32.6 Å². The lowest BCUT2D eigenvalue weighted by Gasteiger charge is -2.11. The van der Waals surface area contributed by atoms with E-state index in [-0.39, 0.29) is 15.4 Å².